The molecule has 1 amide bonds. The van der Waals surface area contributed by atoms with Crippen LogP contribution in [0.2, 0.25) is 0 Å². The summed E-state index contributed by atoms with van der Waals surface area (Å²) in [5.41, 5.74) is 0.866. The van der Waals surface area contributed by atoms with Crippen LogP contribution in [-0.4, -0.2) is 38.4 Å². The van der Waals surface area contributed by atoms with Crippen LogP contribution in [0.1, 0.15) is 16.8 Å². The second-order valence-electron chi connectivity index (χ2n) is 5.53. The van der Waals surface area contributed by atoms with Crippen molar-refractivity contribution in [1.82, 2.24) is 15.6 Å². The fourth-order valence-electron chi connectivity index (χ4n) is 2.47. The number of anilines is 1. The Bertz CT molecular complexity index is 801. The smallest absolute Gasteiger partial charge is 0.261 e. The van der Waals surface area contributed by atoms with Gasteiger partial charge in [-0.3, -0.25) is 14.5 Å². The topological polar surface area (TPSA) is 100 Å². The highest BCUT2D eigenvalue weighted by molar-refractivity contribution is 7.92. The van der Waals surface area contributed by atoms with E-state index >= 15 is 0 Å². The molecule has 0 bridgehead atoms. The van der Waals surface area contributed by atoms with E-state index in [2.05, 4.69) is 20.3 Å². The molecule has 1 saturated heterocycles. The molecule has 1 aromatic heterocycles. The molecule has 1 fully saturated rings. The minimum atomic E-state index is -3.70. The van der Waals surface area contributed by atoms with Crippen LogP contribution in [0.25, 0.3) is 0 Å². The monoisotopic (exact) mass is 346 g/mol. The summed E-state index contributed by atoms with van der Waals surface area (Å²) in [5, 5.41) is 6.09. The molecule has 1 aliphatic heterocycles. The zero-order chi connectivity index (χ0) is 17.0. The molecular formula is C16H18N4O3S. The van der Waals surface area contributed by atoms with Crippen molar-refractivity contribution >= 4 is 21.6 Å². The average molecular weight is 346 g/mol. The number of amides is 1. The predicted octanol–water partition coefficient (Wildman–Crippen LogP) is 0.974. The predicted molar refractivity (Wildman–Crippen MR) is 90.2 cm³/mol. The molecule has 3 N–H and O–H groups in total. The molecule has 0 spiro atoms. The van der Waals surface area contributed by atoms with Gasteiger partial charge < -0.3 is 10.6 Å². The number of carbonyl (C=O) groups excluding carboxylic acids is 1. The van der Waals surface area contributed by atoms with E-state index in [1.807, 2.05) is 0 Å². The van der Waals surface area contributed by atoms with Gasteiger partial charge in [0.2, 0.25) is 0 Å². The van der Waals surface area contributed by atoms with E-state index in [1.165, 1.54) is 36.7 Å². The Morgan fingerprint density at radius 1 is 1.12 bits per heavy atom. The summed E-state index contributed by atoms with van der Waals surface area (Å²) in [5.74, 6) is -0.199. The number of hydrogen-bond donors (Lipinski definition) is 3. The van der Waals surface area contributed by atoms with Crippen LogP contribution in [0.3, 0.4) is 0 Å². The zero-order valence-corrected chi connectivity index (χ0v) is 13.7. The molecule has 8 heteroatoms. The molecule has 24 heavy (non-hydrogen) atoms. The average Bonchev–Trinajstić information content (AvgIpc) is 3.08. The lowest BCUT2D eigenvalue weighted by Gasteiger charge is -2.12. The second kappa shape index (κ2) is 6.98. The third-order valence-corrected chi connectivity index (χ3v) is 5.15. The molecule has 1 atom stereocenters. The third-order valence-electron chi connectivity index (χ3n) is 3.75. The summed E-state index contributed by atoms with van der Waals surface area (Å²) in [6.45, 7) is 1.65. The van der Waals surface area contributed by atoms with Crippen molar-refractivity contribution in [1.29, 1.82) is 0 Å². The Morgan fingerprint density at radius 3 is 2.46 bits per heavy atom. The number of benzene rings is 1. The Morgan fingerprint density at radius 2 is 1.83 bits per heavy atom. The normalized spacial score (nSPS) is 17.4. The minimum absolute atomic E-state index is 0.0957. The summed E-state index contributed by atoms with van der Waals surface area (Å²) in [6.07, 6.45) is 3.90. The standard InChI is InChI=1S/C16H18N4O3S/c21-16(19-14-7-10-18-11-14)12-1-3-15(4-2-12)24(22,23)20-13-5-8-17-9-6-13/h1-6,8-9,14,18H,7,10-11H2,(H,17,20)(H,19,21). The molecule has 1 unspecified atom stereocenters. The molecule has 126 valence electrons. The number of carbonyl (C=O) groups is 1. The highest BCUT2D eigenvalue weighted by atomic mass is 32.2. The van der Waals surface area contributed by atoms with Crippen molar-refractivity contribution in [2.75, 3.05) is 17.8 Å². The Labute approximate surface area is 140 Å². The van der Waals surface area contributed by atoms with Crippen LogP contribution in [0.15, 0.2) is 53.7 Å². The quantitative estimate of drug-likeness (QED) is 0.749. The van der Waals surface area contributed by atoms with Crippen LogP contribution in [-0.2, 0) is 10.0 Å². The fraction of sp³-hybridized carbons (Fsp3) is 0.250. The maximum absolute atomic E-state index is 12.3. The van der Waals surface area contributed by atoms with Gasteiger partial charge in [-0.05, 0) is 49.4 Å². The zero-order valence-electron chi connectivity index (χ0n) is 12.9. The van der Waals surface area contributed by atoms with Gasteiger partial charge in [-0.25, -0.2) is 8.42 Å². The number of nitrogens with zero attached hydrogens (tertiary/aromatic N) is 1. The molecule has 0 radical (unpaired) electrons. The maximum atomic E-state index is 12.3. The first kappa shape index (κ1) is 16.4. The van der Waals surface area contributed by atoms with Crippen molar-refractivity contribution in [3.8, 4) is 0 Å². The van der Waals surface area contributed by atoms with Gasteiger partial charge in [0.1, 0.15) is 0 Å². The van der Waals surface area contributed by atoms with E-state index in [0.717, 1.165) is 19.5 Å². The van der Waals surface area contributed by atoms with Crippen LogP contribution in [0, 0.1) is 0 Å². The van der Waals surface area contributed by atoms with Gasteiger partial charge in [0.15, 0.2) is 0 Å². The van der Waals surface area contributed by atoms with Gasteiger partial charge in [0, 0.05) is 30.5 Å². The van der Waals surface area contributed by atoms with E-state index in [0.29, 0.717) is 11.3 Å². The molecule has 1 aromatic carbocycles. The van der Waals surface area contributed by atoms with Crippen LogP contribution >= 0.6 is 0 Å². The molecule has 0 aliphatic carbocycles. The minimum Gasteiger partial charge on any atom is -0.348 e. The number of hydrogen-bond acceptors (Lipinski definition) is 5. The largest absolute Gasteiger partial charge is 0.348 e. The lowest BCUT2D eigenvalue weighted by Crippen LogP contribution is -2.36. The van der Waals surface area contributed by atoms with E-state index in [9.17, 15) is 13.2 Å². The van der Waals surface area contributed by atoms with E-state index < -0.39 is 10.0 Å². The van der Waals surface area contributed by atoms with Gasteiger partial charge in [-0.2, -0.15) is 0 Å². The lowest BCUT2D eigenvalue weighted by molar-refractivity contribution is 0.0940. The number of nitrogens with one attached hydrogen (secondary N) is 3. The summed E-state index contributed by atoms with van der Waals surface area (Å²) in [4.78, 5) is 16.1. The van der Waals surface area contributed by atoms with Crippen molar-refractivity contribution < 1.29 is 13.2 Å². The molecule has 3 rings (SSSR count). The van der Waals surface area contributed by atoms with Gasteiger partial charge >= 0.3 is 0 Å². The third kappa shape index (κ3) is 3.90. The second-order valence-corrected chi connectivity index (χ2v) is 7.21. The Hall–Kier alpha value is -2.45. The first-order chi connectivity index (χ1) is 11.5. The first-order valence-electron chi connectivity index (χ1n) is 7.59. The molecule has 0 saturated carbocycles. The summed E-state index contributed by atoms with van der Waals surface area (Å²) < 4.78 is 27.1. The molecule has 2 heterocycles. The number of aromatic nitrogens is 1. The lowest BCUT2D eigenvalue weighted by atomic mass is 10.2. The highest BCUT2D eigenvalue weighted by Crippen LogP contribution is 2.16. The van der Waals surface area contributed by atoms with Crippen LogP contribution in [0.4, 0.5) is 5.69 Å². The van der Waals surface area contributed by atoms with Gasteiger partial charge in [-0.15, -0.1) is 0 Å². The van der Waals surface area contributed by atoms with E-state index in [-0.39, 0.29) is 16.8 Å². The summed E-state index contributed by atoms with van der Waals surface area (Å²) in [7, 11) is -3.70. The van der Waals surface area contributed by atoms with Gasteiger partial charge in [-0.1, -0.05) is 0 Å². The Kier molecular flexibility index (Phi) is 4.77. The maximum Gasteiger partial charge on any atom is 0.261 e. The molecule has 1 aliphatic rings. The van der Waals surface area contributed by atoms with Gasteiger partial charge in [0.05, 0.1) is 10.6 Å². The SMILES string of the molecule is O=C(NC1CCNC1)c1ccc(S(=O)(=O)Nc2ccncc2)cc1. The van der Waals surface area contributed by atoms with Crippen LogP contribution in [0.5, 0.6) is 0 Å². The summed E-state index contributed by atoms with van der Waals surface area (Å²) >= 11 is 0. The number of pyridine rings is 1. The Balaban J connectivity index is 1.70. The number of rotatable bonds is 5. The first-order valence-corrected chi connectivity index (χ1v) is 9.07. The highest BCUT2D eigenvalue weighted by Gasteiger charge is 2.19. The molecule has 2 aromatic rings. The van der Waals surface area contributed by atoms with Crippen molar-refractivity contribution in [2.45, 2.75) is 17.4 Å². The summed E-state index contributed by atoms with van der Waals surface area (Å²) in [6, 6.07) is 9.12. The van der Waals surface area contributed by atoms with Crippen LogP contribution < -0.4 is 15.4 Å². The van der Waals surface area contributed by atoms with Crippen molar-refractivity contribution in [2.24, 2.45) is 0 Å². The fourth-order valence-corrected chi connectivity index (χ4v) is 3.52. The molecule has 7 nitrogen and oxygen atoms in total. The van der Waals surface area contributed by atoms with E-state index in [1.54, 1.807) is 12.1 Å². The van der Waals surface area contributed by atoms with E-state index in [4.69, 9.17) is 0 Å². The van der Waals surface area contributed by atoms with Gasteiger partial charge in [0.25, 0.3) is 15.9 Å². The number of sulfonamides is 1. The van der Waals surface area contributed by atoms with Crippen molar-refractivity contribution in [3.63, 3.8) is 0 Å². The molecular weight excluding hydrogens is 328 g/mol. The van der Waals surface area contributed by atoms with Crippen molar-refractivity contribution in [3.05, 3.63) is 54.4 Å².